The van der Waals surface area contributed by atoms with Crippen molar-refractivity contribution in [2.45, 2.75) is 113 Å². The summed E-state index contributed by atoms with van der Waals surface area (Å²) in [6.07, 6.45) is 14.5. The van der Waals surface area contributed by atoms with E-state index in [0.29, 0.717) is 5.41 Å². The van der Waals surface area contributed by atoms with Crippen LogP contribution in [0.4, 0.5) is 0 Å². The van der Waals surface area contributed by atoms with Crippen LogP contribution in [0, 0.1) is 35.0 Å². The Morgan fingerprint density at radius 1 is 0.870 bits per heavy atom. The van der Waals surface area contributed by atoms with E-state index in [1.807, 2.05) is 0 Å². The van der Waals surface area contributed by atoms with Gasteiger partial charge in [0.1, 0.15) is 0 Å². The fourth-order valence-corrected chi connectivity index (χ4v) is 4.74. The first kappa shape index (κ1) is 21.0. The molecule has 1 aliphatic carbocycles. The van der Waals surface area contributed by atoms with Crippen LogP contribution in [0.15, 0.2) is 0 Å². The van der Waals surface area contributed by atoms with Crippen molar-refractivity contribution in [2.75, 3.05) is 0 Å². The molecule has 1 rings (SSSR count). The fraction of sp³-hybridized carbons (Fsp3) is 1.00. The van der Waals surface area contributed by atoms with Crippen LogP contribution >= 0.6 is 0 Å². The lowest BCUT2D eigenvalue weighted by molar-refractivity contribution is 0.140. The van der Waals surface area contributed by atoms with Crippen molar-refractivity contribution in [3.8, 4) is 0 Å². The molecule has 0 aromatic carbocycles. The molecule has 0 radical (unpaired) electrons. The predicted molar refractivity (Wildman–Crippen MR) is 106 cm³/mol. The van der Waals surface area contributed by atoms with Crippen molar-refractivity contribution in [1.29, 1.82) is 0 Å². The molecule has 1 aliphatic rings. The quantitative estimate of drug-likeness (QED) is 0.479. The van der Waals surface area contributed by atoms with Crippen LogP contribution in [0.2, 0.25) is 0 Å². The van der Waals surface area contributed by atoms with Crippen molar-refractivity contribution in [1.82, 2.24) is 0 Å². The highest BCUT2D eigenvalue weighted by molar-refractivity contribution is 4.80. The van der Waals surface area contributed by atoms with Crippen molar-refractivity contribution < 1.29 is 0 Å². The zero-order valence-corrected chi connectivity index (χ0v) is 17.5. The van der Waals surface area contributed by atoms with Gasteiger partial charge in [-0.3, -0.25) is 0 Å². The topological polar surface area (TPSA) is 0 Å². The van der Waals surface area contributed by atoms with Crippen LogP contribution in [-0.2, 0) is 0 Å². The van der Waals surface area contributed by atoms with Gasteiger partial charge in [0.2, 0.25) is 0 Å². The Morgan fingerprint density at radius 2 is 1.52 bits per heavy atom. The first-order valence-corrected chi connectivity index (χ1v) is 10.8. The lowest BCUT2D eigenvalue weighted by atomic mass is 9.69. The first-order chi connectivity index (χ1) is 10.8. The molecule has 4 atom stereocenters. The Bertz CT molecular complexity index is 301. The standard InChI is InChI=1S/C23H46/c1-8-19(4)17-21-13-10-9-11-15-23(6,7)16-12-14-22(21)20(5)18(2)3/h18-22H,8-17H2,1-7H3. The Kier molecular flexibility index (Phi) is 9.24. The Hall–Kier alpha value is 0. The van der Waals surface area contributed by atoms with Crippen LogP contribution in [0.5, 0.6) is 0 Å². The summed E-state index contributed by atoms with van der Waals surface area (Å²) in [5, 5.41) is 0. The number of hydrogen-bond donors (Lipinski definition) is 0. The molecule has 23 heavy (non-hydrogen) atoms. The van der Waals surface area contributed by atoms with Gasteiger partial charge in [-0.15, -0.1) is 0 Å². The minimum absolute atomic E-state index is 0.572. The summed E-state index contributed by atoms with van der Waals surface area (Å²) in [5.74, 6) is 4.55. The third-order valence-corrected chi connectivity index (χ3v) is 7.05. The maximum Gasteiger partial charge on any atom is -0.0354 e. The highest BCUT2D eigenvalue weighted by Gasteiger charge is 2.30. The van der Waals surface area contributed by atoms with E-state index in [4.69, 9.17) is 0 Å². The van der Waals surface area contributed by atoms with Gasteiger partial charge in [0.15, 0.2) is 0 Å². The average molecular weight is 323 g/mol. The second-order valence-corrected chi connectivity index (χ2v) is 9.93. The van der Waals surface area contributed by atoms with Gasteiger partial charge in [-0.2, -0.15) is 0 Å². The predicted octanol–water partition coefficient (Wildman–Crippen LogP) is 8.11. The lowest BCUT2D eigenvalue weighted by Crippen LogP contribution is -2.27. The van der Waals surface area contributed by atoms with Crippen molar-refractivity contribution in [2.24, 2.45) is 35.0 Å². The molecule has 0 spiro atoms. The maximum absolute atomic E-state index is 2.55. The van der Waals surface area contributed by atoms with Gasteiger partial charge in [-0.05, 0) is 60.7 Å². The summed E-state index contributed by atoms with van der Waals surface area (Å²) in [5.41, 5.74) is 0.572. The summed E-state index contributed by atoms with van der Waals surface area (Å²) in [6.45, 7) is 17.3. The molecule has 0 heteroatoms. The molecule has 0 N–H and O–H groups in total. The van der Waals surface area contributed by atoms with E-state index in [9.17, 15) is 0 Å². The molecule has 0 aromatic rings. The van der Waals surface area contributed by atoms with E-state index in [2.05, 4.69) is 48.5 Å². The Morgan fingerprint density at radius 3 is 2.13 bits per heavy atom. The molecule has 138 valence electrons. The van der Waals surface area contributed by atoms with E-state index in [-0.39, 0.29) is 0 Å². The highest BCUT2D eigenvalue weighted by Crippen LogP contribution is 2.41. The smallest absolute Gasteiger partial charge is 0.0354 e. The minimum Gasteiger partial charge on any atom is -0.0651 e. The van der Waals surface area contributed by atoms with Crippen LogP contribution < -0.4 is 0 Å². The lowest BCUT2D eigenvalue weighted by Gasteiger charge is -2.36. The van der Waals surface area contributed by atoms with Gasteiger partial charge < -0.3 is 0 Å². The molecule has 0 nitrogen and oxygen atoms in total. The molecular weight excluding hydrogens is 276 g/mol. The van der Waals surface area contributed by atoms with E-state index >= 15 is 0 Å². The largest absolute Gasteiger partial charge is 0.0651 e. The minimum atomic E-state index is 0.572. The van der Waals surface area contributed by atoms with Gasteiger partial charge in [0, 0.05) is 0 Å². The van der Waals surface area contributed by atoms with Crippen molar-refractivity contribution in [3.63, 3.8) is 0 Å². The molecule has 1 saturated carbocycles. The molecule has 0 aliphatic heterocycles. The molecule has 0 saturated heterocycles. The summed E-state index contributed by atoms with van der Waals surface area (Å²) < 4.78 is 0. The van der Waals surface area contributed by atoms with Gasteiger partial charge in [0.25, 0.3) is 0 Å². The van der Waals surface area contributed by atoms with Gasteiger partial charge in [-0.1, -0.05) is 87.0 Å². The molecule has 0 heterocycles. The summed E-state index contributed by atoms with van der Waals surface area (Å²) in [4.78, 5) is 0. The molecule has 1 fully saturated rings. The van der Waals surface area contributed by atoms with Crippen molar-refractivity contribution in [3.05, 3.63) is 0 Å². The van der Waals surface area contributed by atoms with E-state index < -0.39 is 0 Å². The molecule has 0 amide bonds. The van der Waals surface area contributed by atoms with Crippen molar-refractivity contribution >= 4 is 0 Å². The second-order valence-electron chi connectivity index (χ2n) is 9.93. The van der Waals surface area contributed by atoms with Crippen LogP contribution in [0.25, 0.3) is 0 Å². The molecule has 4 unspecified atom stereocenters. The summed E-state index contributed by atoms with van der Waals surface area (Å²) in [7, 11) is 0. The van der Waals surface area contributed by atoms with Gasteiger partial charge in [0.05, 0.1) is 0 Å². The zero-order chi connectivity index (χ0) is 17.5. The normalized spacial score (nSPS) is 29.7. The SMILES string of the molecule is CCC(C)CC1CCCCCC(C)(C)CCCC1C(C)C(C)C. The molecular formula is C23H46. The number of rotatable bonds is 5. The maximum atomic E-state index is 2.55. The van der Waals surface area contributed by atoms with E-state index in [1.165, 1.54) is 64.2 Å². The summed E-state index contributed by atoms with van der Waals surface area (Å²) in [6, 6.07) is 0. The first-order valence-electron chi connectivity index (χ1n) is 10.8. The highest BCUT2D eigenvalue weighted by atomic mass is 14.4. The third kappa shape index (κ3) is 7.61. The number of hydrogen-bond acceptors (Lipinski definition) is 0. The average Bonchev–Trinajstić information content (AvgIpc) is 2.51. The van der Waals surface area contributed by atoms with Gasteiger partial charge >= 0.3 is 0 Å². The van der Waals surface area contributed by atoms with E-state index in [1.54, 1.807) is 0 Å². The fourth-order valence-electron chi connectivity index (χ4n) is 4.74. The van der Waals surface area contributed by atoms with Crippen LogP contribution in [0.3, 0.4) is 0 Å². The molecule has 0 aromatic heterocycles. The summed E-state index contributed by atoms with van der Waals surface area (Å²) >= 11 is 0. The monoisotopic (exact) mass is 322 g/mol. The Balaban J connectivity index is 2.86. The van der Waals surface area contributed by atoms with Crippen LogP contribution in [-0.4, -0.2) is 0 Å². The van der Waals surface area contributed by atoms with Gasteiger partial charge in [-0.25, -0.2) is 0 Å². The van der Waals surface area contributed by atoms with Crippen LogP contribution in [0.1, 0.15) is 113 Å². The third-order valence-electron chi connectivity index (χ3n) is 7.05. The Labute approximate surface area is 148 Å². The second kappa shape index (κ2) is 10.1. The zero-order valence-electron chi connectivity index (χ0n) is 17.5. The molecule has 0 bridgehead atoms. The van der Waals surface area contributed by atoms with E-state index in [0.717, 1.165) is 29.6 Å².